The van der Waals surface area contributed by atoms with Crippen LogP contribution in [0.2, 0.25) is 0 Å². The number of hydrogen-bond acceptors (Lipinski definition) is 4. The summed E-state index contributed by atoms with van der Waals surface area (Å²) in [6, 6.07) is 2.06. The molecule has 0 radical (unpaired) electrons. The first-order valence-electron chi connectivity index (χ1n) is 5.62. The van der Waals surface area contributed by atoms with Crippen LogP contribution in [0.3, 0.4) is 0 Å². The summed E-state index contributed by atoms with van der Waals surface area (Å²) < 4.78 is 5.94. The fraction of sp³-hybridized carbons (Fsp3) is 0.636. The number of anilines is 1. The smallest absolute Gasteiger partial charge is 0.154 e. The second-order valence-corrected chi connectivity index (χ2v) is 5.16. The zero-order valence-electron chi connectivity index (χ0n) is 8.74. The van der Waals surface area contributed by atoms with Crippen LogP contribution in [0.15, 0.2) is 11.4 Å². The van der Waals surface area contributed by atoms with Crippen molar-refractivity contribution in [1.29, 1.82) is 0 Å². The Labute approximate surface area is 94.0 Å². The van der Waals surface area contributed by atoms with Gasteiger partial charge in [0.15, 0.2) is 5.75 Å². The molecule has 3 nitrogen and oxygen atoms in total. The highest BCUT2D eigenvalue weighted by Crippen LogP contribution is 2.34. The van der Waals surface area contributed by atoms with Gasteiger partial charge in [0, 0.05) is 6.54 Å². The highest BCUT2D eigenvalue weighted by atomic mass is 32.1. The molecule has 3 heterocycles. The summed E-state index contributed by atoms with van der Waals surface area (Å²) >= 11 is 1.72. The van der Waals surface area contributed by atoms with E-state index in [9.17, 15) is 0 Å². The molecule has 1 saturated heterocycles. The first-order chi connectivity index (χ1) is 7.42. The molecule has 1 aromatic rings. The molecule has 1 N–H and O–H groups in total. The van der Waals surface area contributed by atoms with E-state index in [0.717, 1.165) is 18.8 Å². The van der Waals surface area contributed by atoms with Crippen LogP contribution in [-0.4, -0.2) is 37.2 Å². The van der Waals surface area contributed by atoms with E-state index in [1.807, 2.05) is 0 Å². The molecular formula is C11H16N2OS. The third kappa shape index (κ3) is 1.96. The SMILES string of the molecule is c1cc2c(s1)NCC(CN1CCCC1)O2. The van der Waals surface area contributed by atoms with Gasteiger partial charge in [-0.15, -0.1) is 11.3 Å². The largest absolute Gasteiger partial charge is 0.484 e. The molecule has 3 rings (SSSR count). The first kappa shape index (κ1) is 9.48. The average molecular weight is 224 g/mol. The van der Waals surface area contributed by atoms with Gasteiger partial charge in [-0.25, -0.2) is 0 Å². The predicted octanol–water partition coefficient (Wildman–Crippen LogP) is 2.02. The van der Waals surface area contributed by atoms with Crippen LogP contribution in [0.4, 0.5) is 5.00 Å². The van der Waals surface area contributed by atoms with E-state index >= 15 is 0 Å². The molecule has 1 unspecified atom stereocenters. The number of nitrogens with zero attached hydrogens (tertiary/aromatic N) is 1. The minimum Gasteiger partial charge on any atom is -0.484 e. The second kappa shape index (κ2) is 4.02. The van der Waals surface area contributed by atoms with Gasteiger partial charge in [-0.1, -0.05) is 0 Å². The zero-order chi connectivity index (χ0) is 10.1. The van der Waals surface area contributed by atoms with Gasteiger partial charge in [0.25, 0.3) is 0 Å². The molecule has 1 atom stereocenters. The third-order valence-electron chi connectivity index (χ3n) is 3.07. The Morgan fingerprint density at radius 1 is 1.47 bits per heavy atom. The standard InChI is InChI=1S/C11H16N2OS/c1-2-5-13(4-1)8-9-7-12-11-10(14-9)3-6-15-11/h3,6,9,12H,1-2,4-5,7-8H2. The Kier molecular flexibility index (Phi) is 2.54. The number of rotatable bonds is 2. The molecule has 15 heavy (non-hydrogen) atoms. The van der Waals surface area contributed by atoms with E-state index < -0.39 is 0 Å². The normalized spacial score (nSPS) is 25.7. The third-order valence-corrected chi connectivity index (χ3v) is 3.93. The van der Waals surface area contributed by atoms with Crippen molar-refractivity contribution in [2.24, 2.45) is 0 Å². The van der Waals surface area contributed by atoms with Gasteiger partial charge in [-0.05, 0) is 37.4 Å². The quantitative estimate of drug-likeness (QED) is 0.831. The molecule has 2 aliphatic heterocycles. The van der Waals surface area contributed by atoms with Crippen molar-refractivity contribution in [2.75, 3.05) is 31.5 Å². The topological polar surface area (TPSA) is 24.5 Å². The molecule has 4 heteroatoms. The lowest BCUT2D eigenvalue weighted by atomic mass is 10.3. The van der Waals surface area contributed by atoms with Crippen molar-refractivity contribution in [3.63, 3.8) is 0 Å². The van der Waals surface area contributed by atoms with E-state index in [-0.39, 0.29) is 0 Å². The number of hydrogen-bond donors (Lipinski definition) is 1. The maximum Gasteiger partial charge on any atom is 0.154 e. The van der Waals surface area contributed by atoms with E-state index in [2.05, 4.69) is 21.7 Å². The van der Waals surface area contributed by atoms with E-state index in [4.69, 9.17) is 4.74 Å². The van der Waals surface area contributed by atoms with Gasteiger partial charge in [0.2, 0.25) is 0 Å². The minimum atomic E-state index is 0.324. The van der Waals surface area contributed by atoms with Crippen LogP contribution in [0.25, 0.3) is 0 Å². The molecule has 0 spiro atoms. The maximum absolute atomic E-state index is 5.94. The molecule has 1 aromatic heterocycles. The van der Waals surface area contributed by atoms with Gasteiger partial charge >= 0.3 is 0 Å². The van der Waals surface area contributed by atoms with Crippen molar-refractivity contribution in [3.8, 4) is 5.75 Å². The van der Waals surface area contributed by atoms with Crippen LogP contribution >= 0.6 is 11.3 Å². The average Bonchev–Trinajstić information content (AvgIpc) is 2.87. The molecule has 0 aliphatic carbocycles. The Morgan fingerprint density at radius 3 is 3.20 bits per heavy atom. The van der Waals surface area contributed by atoms with Gasteiger partial charge in [-0.3, -0.25) is 4.90 Å². The van der Waals surface area contributed by atoms with Crippen molar-refractivity contribution in [3.05, 3.63) is 11.4 Å². The van der Waals surface area contributed by atoms with Crippen LogP contribution < -0.4 is 10.1 Å². The highest BCUT2D eigenvalue weighted by Gasteiger charge is 2.23. The molecule has 82 valence electrons. The highest BCUT2D eigenvalue weighted by molar-refractivity contribution is 7.14. The van der Waals surface area contributed by atoms with Gasteiger partial charge in [0.1, 0.15) is 11.1 Å². The van der Waals surface area contributed by atoms with Crippen LogP contribution in [-0.2, 0) is 0 Å². The summed E-state index contributed by atoms with van der Waals surface area (Å²) in [4.78, 5) is 2.50. The van der Waals surface area contributed by atoms with Crippen molar-refractivity contribution >= 4 is 16.3 Å². The summed E-state index contributed by atoms with van der Waals surface area (Å²) in [6.07, 6.45) is 3.03. The molecule has 1 fully saturated rings. The molecule has 0 bridgehead atoms. The van der Waals surface area contributed by atoms with Crippen molar-refractivity contribution in [1.82, 2.24) is 4.90 Å². The van der Waals surface area contributed by atoms with Crippen LogP contribution in [0.1, 0.15) is 12.8 Å². The van der Waals surface area contributed by atoms with E-state index in [0.29, 0.717) is 6.10 Å². The summed E-state index contributed by atoms with van der Waals surface area (Å²) in [6.45, 7) is 4.51. The number of fused-ring (bicyclic) bond motifs is 1. The lowest BCUT2D eigenvalue weighted by molar-refractivity contribution is 0.152. The molecule has 2 aliphatic rings. The zero-order valence-corrected chi connectivity index (χ0v) is 9.55. The van der Waals surface area contributed by atoms with Gasteiger partial charge in [-0.2, -0.15) is 0 Å². The molecule has 0 saturated carbocycles. The predicted molar refractivity (Wildman–Crippen MR) is 62.9 cm³/mol. The Morgan fingerprint density at radius 2 is 2.33 bits per heavy atom. The fourth-order valence-electron chi connectivity index (χ4n) is 2.30. The first-order valence-corrected chi connectivity index (χ1v) is 6.50. The molecule has 0 aromatic carbocycles. The molecule has 0 amide bonds. The van der Waals surface area contributed by atoms with Crippen molar-refractivity contribution in [2.45, 2.75) is 18.9 Å². The lowest BCUT2D eigenvalue weighted by Crippen LogP contribution is -2.40. The monoisotopic (exact) mass is 224 g/mol. The summed E-state index contributed by atoms with van der Waals surface area (Å²) in [5, 5.41) is 6.70. The maximum atomic E-state index is 5.94. The Bertz CT molecular complexity index is 333. The van der Waals surface area contributed by atoms with Gasteiger partial charge < -0.3 is 10.1 Å². The minimum absolute atomic E-state index is 0.324. The molecular weight excluding hydrogens is 208 g/mol. The number of thiophene rings is 1. The van der Waals surface area contributed by atoms with E-state index in [1.54, 1.807) is 11.3 Å². The Balaban J connectivity index is 1.61. The number of ether oxygens (including phenoxy) is 1. The Hall–Kier alpha value is -0.740. The summed E-state index contributed by atoms with van der Waals surface area (Å²) in [5.74, 6) is 1.04. The van der Waals surface area contributed by atoms with E-state index in [1.165, 1.54) is 30.9 Å². The summed E-state index contributed by atoms with van der Waals surface area (Å²) in [5.41, 5.74) is 0. The van der Waals surface area contributed by atoms with Crippen LogP contribution in [0, 0.1) is 0 Å². The van der Waals surface area contributed by atoms with Crippen molar-refractivity contribution < 1.29 is 4.74 Å². The lowest BCUT2D eigenvalue weighted by Gasteiger charge is -2.28. The van der Waals surface area contributed by atoms with Crippen LogP contribution in [0.5, 0.6) is 5.75 Å². The number of nitrogens with one attached hydrogen (secondary N) is 1. The fourth-order valence-corrected chi connectivity index (χ4v) is 3.03. The summed E-state index contributed by atoms with van der Waals surface area (Å²) in [7, 11) is 0. The second-order valence-electron chi connectivity index (χ2n) is 4.24. The number of likely N-dealkylation sites (tertiary alicyclic amines) is 1. The van der Waals surface area contributed by atoms with Gasteiger partial charge in [0.05, 0.1) is 6.54 Å².